The van der Waals surface area contributed by atoms with E-state index in [0.29, 0.717) is 10.9 Å². The van der Waals surface area contributed by atoms with Crippen molar-refractivity contribution >= 4 is 17.3 Å². The summed E-state index contributed by atoms with van der Waals surface area (Å²) in [5.74, 6) is -0.350. The van der Waals surface area contributed by atoms with Gasteiger partial charge in [0.05, 0.1) is 5.69 Å². The normalized spacial score (nSPS) is 21.9. The van der Waals surface area contributed by atoms with Gasteiger partial charge in [0.2, 0.25) is 0 Å². The number of hydrogen-bond acceptors (Lipinski definition) is 4. The van der Waals surface area contributed by atoms with Crippen molar-refractivity contribution in [2.24, 2.45) is 0 Å². The maximum Gasteiger partial charge on any atom is 0.316 e. The van der Waals surface area contributed by atoms with Crippen LogP contribution in [0.15, 0.2) is 5.38 Å². The van der Waals surface area contributed by atoms with Crippen LogP contribution in [0.5, 0.6) is 0 Å². The minimum atomic E-state index is -0.882. The number of nitrogens with zero attached hydrogens (tertiary/aromatic N) is 2. The topological polar surface area (TPSA) is 53.4 Å². The Labute approximate surface area is 105 Å². The van der Waals surface area contributed by atoms with Gasteiger partial charge in [0, 0.05) is 17.8 Å². The summed E-state index contributed by atoms with van der Waals surface area (Å²) in [6, 6.07) is 0. The van der Waals surface area contributed by atoms with E-state index in [-0.39, 0.29) is 0 Å². The molecule has 5 heteroatoms. The first kappa shape index (κ1) is 12.5. The van der Waals surface area contributed by atoms with E-state index in [4.69, 9.17) is 5.11 Å². The lowest BCUT2D eigenvalue weighted by Gasteiger charge is -2.15. The molecule has 1 aromatic heterocycles. The van der Waals surface area contributed by atoms with Crippen LogP contribution in [-0.4, -0.2) is 41.1 Å². The predicted octanol–water partition coefficient (Wildman–Crippen LogP) is 1.92. The molecule has 0 radical (unpaired) electrons. The van der Waals surface area contributed by atoms with E-state index in [0.717, 1.165) is 25.2 Å². The van der Waals surface area contributed by atoms with Crippen LogP contribution < -0.4 is 0 Å². The molecule has 0 aliphatic carbocycles. The van der Waals surface area contributed by atoms with E-state index in [1.54, 1.807) is 13.8 Å². The van der Waals surface area contributed by atoms with Gasteiger partial charge in [-0.3, -0.25) is 4.79 Å². The molecule has 1 saturated heterocycles. The first-order chi connectivity index (χ1) is 7.91. The van der Waals surface area contributed by atoms with Crippen LogP contribution in [0.3, 0.4) is 0 Å². The second-order valence-electron chi connectivity index (χ2n) is 5.26. The van der Waals surface area contributed by atoms with E-state index in [1.165, 1.54) is 11.3 Å². The van der Waals surface area contributed by atoms with Crippen LogP contribution in [0.4, 0.5) is 0 Å². The first-order valence-electron chi connectivity index (χ1n) is 5.79. The van der Waals surface area contributed by atoms with Crippen LogP contribution in [0.25, 0.3) is 0 Å². The van der Waals surface area contributed by atoms with E-state index in [2.05, 4.69) is 16.9 Å². The maximum atomic E-state index is 11.2. The Bertz CT molecular complexity index is 428. The van der Waals surface area contributed by atoms with Crippen LogP contribution in [-0.2, 0) is 10.2 Å². The number of aliphatic carboxylic acids is 1. The lowest BCUT2D eigenvalue weighted by Crippen LogP contribution is -2.28. The number of carbonyl (C=O) groups is 1. The molecule has 2 rings (SSSR count). The number of hydrogen-bond donors (Lipinski definition) is 1. The molecule has 0 amide bonds. The third-order valence-corrected chi connectivity index (χ3v) is 4.59. The van der Waals surface area contributed by atoms with Gasteiger partial charge >= 0.3 is 5.97 Å². The molecule has 1 aromatic rings. The molecule has 2 heterocycles. The Kier molecular flexibility index (Phi) is 3.23. The van der Waals surface area contributed by atoms with E-state index in [9.17, 15) is 4.79 Å². The Hall–Kier alpha value is -0.940. The second-order valence-corrected chi connectivity index (χ2v) is 6.11. The maximum absolute atomic E-state index is 11.2. The Morgan fingerprint density at radius 1 is 1.65 bits per heavy atom. The molecule has 1 aliphatic heterocycles. The van der Waals surface area contributed by atoms with Gasteiger partial charge in [-0.2, -0.15) is 0 Å². The molecule has 0 spiro atoms. The highest BCUT2D eigenvalue weighted by atomic mass is 32.1. The number of carboxylic acids is 1. The summed E-state index contributed by atoms with van der Waals surface area (Å²) in [4.78, 5) is 18.0. The smallest absolute Gasteiger partial charge is 0.316 e. The summed E-state index contributed by atoms with van der Waals surface area (Å²) in [6.07, 6.45) is 1.12. The lowest BCUT2D eigenvalue weighted by atomic mass is 9.95. The van der Waals surface area contributed by atoms with Crippen molar-refractivity contribution < 1.29 is 9.90 Å². The van der Waals surface area contributed by atoms with E-state index >= 15 is 0 Å². The molecule has 4 nitrogen and oxygen atoms in total. The van der Waals surface area contributed by atoms with Crippen molar-refractivity contribution in [2.45, 2.75) is 31.6 Å². The summed E-state index contributed by atoms with van der Waals surface area (Å²) in [6.45, 7) is 5.54. The third kappa shape index (κ3) is 2.35. The molecule has 94 valence electrons. The van der Waals surface area contributed by atoms with Gasteiger partial charge in [0.25, 0.3) is 0 Å². The lowest BCUT2D eigenvalue weighted by molar-refractivity contribution is -0.142. The fourth-order valence-corrected chi connectivity index (χ4v) is 3.05. The van der Waals surface area contributed by atoms with Crippen molar-refractivity contribution in [2.75, 3.05) is 20.1 Å². The molecule has 1 aliphatic rings. The number of likely N-dealkylation sites (tertiary alicyclic amines) is 1. The number of thiazole rings is 1. The molecule has 0 bridgehead atoms. The Balaban J connectivity index is 2.19. The Morgan fingerprint density at radius 3 is 2.88 bits per heavy atom. The zero-order valence-corrected chi connectivity index (χ0v) is 11.3. The fraction of sp³-hybridized carbons (Fsp3) is 0.667. The van der Waals surface area contributed by atoms with Crippen LogP contribution >= 0.6 is 11.3 Å². The second kappa shape index (κ2) is 4.38. The van der Waals surface area contributed by atoms with Gasteiger partial charge in [-0.15, -0.1) is 11.3 Å². The molecule has 17 heavy (non-hydrogen) atoms. The van der Waals surface area contributed by atoms with Crippen LogP contribution in [0.2, 0.25) is 0 Å². The number of rotatable bonds is 3. The van der Waals surface area contributed by atoms with E-state index in [1.807, 2.05) is 5.38 Å². The van der Waals surface area contributed by atoms with Crippen molar-refractivity contribution in [1.82, 2.24) is 9.88 Å². The zero-order valence-electron chi connectivity index (χ0n) is 10.4. The molecule has 1 N–H and O–H groups in total. The summed E-state index contributed by atoms with van der Waals surface area (Å²) in [5.41, 5.74) is 0.177. The summed E-state index contributed by atoms with van der Waals surface area (Å²) in [7, 11) is 2.11. The van der Waals surface area contributed by atoms with Gasteiger partial charge in [-0.25, -0.2) is 4.98 Å². The fourth-order valence-electron chi connectivity index (χ4n) is 2.03. The summed E-state index contributed by atoms with van der Waals surface area (Å²) in [5, 5.41) is 11.9. The van der Waals surface area contributed by atoms with Crippen molar-refractivity contribution in [3.8, 4) is 0 Å². The summed E-state index contributed by atoms with van der Waals surface area (Å²) < 4.78 is 0. The van der Waals surface area contributed by atoms with Gasteiger partial charge in [-0.1, -0.05) is 0 Å². The average Bonchev–Trinajstić information content (AvgIpc) is 2.85. The number of likely N-dealkylation sites (N-methyl/N-ethyl adjacent to an activating group) is 1. The van der Waals surface area contributed by atoms with Gasteiger partial charge < -0.3 is 10.0 Å². The quantitative estimate of drug-likeness (QED) is 0.895. The molecule has 1 fully saturated rings. The molecule has 0 saturated carbocycles. The Morgan fingerprint density at radius 2 is 2.35 bits per heavy atom. The SMILES string of the molecule is CN1CCC(c2csc(C(C)(C)C(=O)O)n2)C1. The van der Waals surface area contributed by atoms with Crippen molar-refractivity contribution in [1.29, 1.82) is 0 Å². The first-order valence-corrected chi connectivity index (χ1v) is 6.67. The molecule has 1 atom stereocenters. The van der Waals surface area contributed by atoms with E-state index < -0.39 is 11.4 Å². The monoisotopic (exact) mass is 254 g/mol. The predicted molar refractivity (Wildman–Crippen MR) is 67.6 cm³/mol. The van der Waals surface area contributed by atoms with Gasteiger partial charge in [-0.05, 0) is 33.9 Å². The zero-order chi connectivity index (χ0) is 12.6. The van der Waals surface area contributed by atoms with Crippen molar-refractivity contribution in [3.05, 3.63) is 16.1 Å². The standard InChI is InChI=1S/C12H18N2O2S/c1-12(2,11(15)16)10-13-9(7-17-10)8-4-5-14(3)6-8/h7-8H,4-6H2,1-3H3,(H,15,16). The number of aromatic nitrogens is 1. The largest absolute Gasteiger partial charge is 0.481 e. The molecular weight excluding hydrogens is 236 g/mol. The minimum absolute atomic E-state index is 0.467. The van der Waals surface area contributed by atoms with Gasteiger partial charge in [0.15, 0.2) is 0 Å². The van der Waals surface area contributed by atoms with Crippen LogP contribution in [0, 0.1) is 0 Å². The molecule has 1 unspecified atom stereocenters. The highest BCUT2D eigenvalue weighted by molar-refractivity contribution is 7.10. The highest BCUT2D eigenvalue weighted by Gasteiger charge is 2.34. The van der Waals surface area contributed by atoms with Crippen molar-refractivity contribution in [3.63, 3.8) is 0 Å². The highest BCUT2D eigenvalue weighted by Crippen LogP contribution is 2.32. The number of carboxylic acid groups (broad SMARTS) is 1. The molecule has 0 aromatic carbocycles. The summed E-state index contributed by atoms with van der Waals surface area (Å²) >= 11 is 1.46. The van der Waals surface area contributed by atoms with Gasteiger partial charge in [0.1, 0.15) is 10.4 Å². The minimum Gasteiger partial charge on any atom is -0.481 e. The average molecular weight is 254 g/mol. The molecular formula is C12H18N2O2S. The van der Waals surface area contributed by atoms with Crippen LogP contribution in [0.1, 0.15) is 36.9 Å². The third-order valence-electron chi connectivity index (χ3n) is 3.40.